The van der Waals surface area contributed by atoms with Crippen LogP contribution in [0.4, 0.5) is 0 Å². The van der Waals surface area contributed by atoms with Gasteiger partial charge < -0.3 is 10.1 Å². The van der Waals surface area contributed by atoms with Crippen molar-refractivity contribution in [2.24, 2.45) is 0 Å². The van der Waals surface area contributed by atoms with Crippen molar-refractivity contribution in [3.63, 3.8) is 0 Å². The number of methoxy groups -OCH3 is 1. The zero-order chi connectivity index (χ0) is 19.2. The van der Waals surface area contributed by atoms with E-state index in [0.717, 1.165) is 21.5 Å². The van der Waals surface area contributed by atoms with E-state index in [1.807, 2.05) is 29.6 Å². The Balaban J connectivity index is 1.67. The van der Waals surface area contributed by atoms with E-state index in [2.05, 4.69) is 26.2 Å². The first-order valence-electron chi connectivity index (χ1n) is 8.81. The number of aryl methyl sites for hydroxylation is 1. The van der Waals surface area contributed by atoms with Crippen LogP contribution in [0, 0.1) is 0 Å². The topological polar surface area (TPSA) is 68.3 Å². The molecule has 1 heterocycles. The van der Waals surface area contributed by atoms with Crippen molar-refractivity contribution in [3.8, 4) is 0 Å². The Morgan fingerprint density at radius 1 is 1.33 bits per heavy atom. The largest absolute Gasteiger partial charge is 0.466 e. The SMILES string of the molecule is COC(=O)C1=C(NC(=O)CCc2ccc(Br)cc2)CC(c2nccs2)CC1. The Labute approximate surface area is 171 Å². The summed E-state index contributed by atoms with van der Waals surface area (Å²) in [5.41, 5.74) is 2.34. The highest BCUT2D eigenvalue weighted by atomic mass is 79.9. The molecule has 0 saturated heterocycles. The molecule has 1 aliphatic carbocycles. The number of aromatic nitrogens is 1. The number of rotatable bonds is 6. The smallest absolute Gasteiger partial charge is 0.335 e. The molecule has 1 aromatic heterocycles. The van der Waals surface area contributed by atoms with Crippen LogP contribution in [0.25, 0.3) is 0 Å². The summed E-state index contributed by atoms with van der Waals surface area (Å²) < 4.78 is 5.92. The molecule has 1 aliphatic rings. The van der Waals surface area contributed by atoms with Gasteiger partial charge in [0.15, 0.2) is 0 Å². The van der Waals surface area contributed by atoms with Gasteiger partial charge in [-0.15, -0.1) is 11.3 Å². The number of carbonyl (C=O) groups excluding carboxylic acids is 2. The molecule has 1 aromatic carbocycles. The Kier molecular flexibility index (Phi) is 6.79. The van der Waals surface area contributed by atoms with Crippen LogP contribution in [0.5, 0.6) is 0 Å². The third-order valence-electron chi connectivity index (χ3n) is 4.63. The minimum absolute atomic E-state index is 0.0888. The van der Waals surface area contributed by atoms with E-state index in [9.17, 15) is 9.59 Å². The van der Waals surface area contributed by atoms with Gasteiger partial charge in [-0.2, -0.15) is 0 Å². The van der Waals surface area contributed by atoms with Gasteiger partial charge in [0, 0.05) is 34.1 Å². The monoisotopic (exact) mass is 448 g/mol. The number of amides is 1. The fraction of sp³-hybridized carbons (Fsp3) is 0.350. The highest BCUT2D eigenvalue weighted by molar-refractivity contribution is 9.10. The summed E-state index contributed by atoms with van der Waals surface area (Å²) in [6.45, 7) is 0. The van der Waals surface area contributed by atoms with Crippen LogP contribution in [0.1, 0.15) is 42.2 Å². The molecule has 0 spiro atoms. The highest BCUT2D eigenvalue weighted by Crippen LogP contribution is 2.36. The van der Waals surface area contributed by atoms with Gasteiger partial charge in [0.1, 0.15) is 0 Å². The van der Waals surface area contributed by atoms with Crippen LogP contribution in [0.3, 0.4) is 0 Å². The molecular weight excluding hydrogens is 428 g/mol. The van der Waals surface area contributed by atoms with E-state index in [1.54, 1.807) is 17.5 Å². The van der Waals surface area contributed by atoms with E-state index in [1.165, 1.54) is 7.11 Å². The third kappa shape index (κ3) is 5.26. The zero-order valence-electron chi connectivity index (χ0n) is 15.0. The second-order valence-corrected chi connectivity index (χ2v) is 8.28. The predicted octanol–water partition coefficient (Wildman–Crippen LogP) is 4.35. The number of nitrogens with zero attached hydrogens (tertiary/aromatic N) is 1. The minimum Gasteiger partial charge on any atom is -0.466 e. The molecule has 27 heavy (non-hydrogen) atoms. The third-order valence-corrected chi connectivity index (χ3v) is 6.10. The van der Waals surface area contributed by atoms with E-state index < -0.39 is 0 Å². The molecule has 0 bridgehead atoms. The van der Waals surface area contributed by atoms with Gasteiger partial charge >= 0.3 is 5.97 Å². The number of hydrogen-bond donors (Lipinski definition) is 1. The summed E-state index contributed by atoms with van der Waals surface area (Å²) in [6, 6.07) is 7.92. The summed E-state index contributed by atoms with van der Waals surface area (Å²) in [7, 11) is 1.37. The number of ether oxygens (including phenoxy) is 1. The molecule has 1 N–H and O–H groups in total. The van der Waals surface area contributed by atoms with Crippen molar-refractivity contribution in [1.82, 2.24) is 10.3 Å². The molecule has 2 aromatic rings. The maximum atomic E-state index is 12.5. The van der Waals surface area contributed by atoms with Crippen molar-refractivity contribution >= 4 is 39.1 Å². The Hall–Kier alpha value is -1.99. The van der Waals surface area contributed by atoms with Gasteiger partial charge in [0.25, 0.3) is 0 Å². The van der Waals surface area contributed by atoms with Crippen molar-refractivity contribution in [2.45, 2.75) is 38.0 Å². The summed E-state index contributed by atoms with van der Waals surface area (Å²) >= 11 is 5.01. The van der Waals surface area contributed by atoms with E-state index >= 15 is 0 Å². The predicted molar refractivity (Wildman–Crippen MR) is 108 cm³/mol. The van der Waals surface area contributed by atoms with Gasteiger partial charge in [0.05, 0.1) is 17.7 Å². The first-order chi connectivity index (χ1) is 13.1. The van der Waals surface area contributed by atoms with E-state index in [0.29, 0.717) is 37.0 Å². The molecule has 7 heteroatoms. The molecule has 5 nitrogen and oxygen atoms in total. The molecular formula is C20H21BrN2O3S. The number of esters is 1. The molecule has 0 radical (unpaired) electrons. The average Bonchev–Trinajstić information content (AvgIpc) is 3.22. The van der Waals surface area contributed by atoms with Gasteiger partial charge in [-0.25, -0.2) is 9.78 Å². The van der Waals surface area contributed by atoms with Gasteiger partial charge in [-0.3, -0.25) is 4.79 Å². The first kappa shape index (κ1) is 19.8. The number of thiazole rings is 1. The standard InChI is InChI=1S/C20H21BrN2O3S/c1-26-20(25)16-8-5-14(19-22-10-11-27-19)12-17(16)23-18(24)9-4-13-2-6-15(21)7-3-13/h2-3,6-7,10-11,14H,4-5,8-9,12H2,1H3,(H,23,24). The summed E-state index contributed by atoms with van der Waals surface area (Å²) in [4.78, 5) is 29.0. The molecule has 1 amide bonds. The maximum absolute atomic E-state index is 12.5. The Morgan fingerprint density at radius 3 is 2.78 bits per heavy atom. The molecule has 1 unspecified atom stereocenters. The molecule has 0 aliphatic heterocycles. The maximum Gasteiger partial charge on any atom is 0.335 e. The van der Waals surface area contributed by atoms with Crippen LogP contribution in [0.15, 0.2) is 51.6 Å². The van der Waals surface area contributed by atoms with Crippen molar-refractivity contribution < 1.29 is 14.3 Å². The summed E-state index contributed by atoms with van der Waals surface area (Å²) in [6.07, 6.45) is 4.81. The Bertz CT molecular complexity index is 831. The number of carbonyl (C=O) groups is 2. The molecule has 1 atom stereocenters. The van der Waals surface area contributed by atoms with Crippen molar-refractivity contribution in [2.75, 3.05) is 7.11 Å². The molecule has 142 valence electrons. The zero-order valence-corrected chi connectivity index (χ0v) is 17.4. The van der Waals surface area contributed by atoms with Crippen molar-refractivity contribution in [3.05, 3.63) is 62.2 Å². The molecule has 0 fully saturated rings. The normalized spacial score (nSPS) is 16.9. The van der Waals surface area contributed by atoms with E-state index in [4.69, 9.17) is 4.74 Å². The first-order valence-corrected chi connectivity index (χ1v) is 10.5. The van der Waals surface area contributed by atoms with Gasteiger partial charge in [0.2, 0.25) is 5.91 Å². The Morgan fingerprint density at radius 2 is 2.11 bits per heavy atom. The minimum atomic E-state index is -0.365. The van der Waals surface area contributed by atoms with Crippen LogP contribution in [-0.4, -0.2) is 24.0 Å². The highest BCUT2D eigenvalue weighted by Gasteiger charge is 2.28. The summed E-state index contributed by atoms with van der Waals surface area (Å²) in [5.74, 6) is -0.231. The van der Waals surface area contributed by atoms with E-state index in [-0.39, 0.29) is 17.8 Å². The van der Waals surface area contributed by atoms with Crippen molar-refractivity contribution in [1.29, 1.82) is 0 Å². The van der Waals surface area contributed by atoms with Gasteiger partial charge in [-0.05, 0) is 43.4 Å². The number of allylic oxidation sites excluding steroid dienone is 1. The van der Waals surface area contributed by atoms with Crippen LogP contribution in [-0.2, 0) is 20.7 Å². The van der Waals surface area contributed by atoms with Gasteiger partial charge in [-0.1, -0.05) is 28.1 Å². The van der Waals surface area contributed by atoms with Crippen LogP contribution >= 0.6 is 27.3 Å². The number of nitrogens with one attached hydrogen (secondary N) is 1. The van der Waals surface area contributed by atoms with Crippen LogP contribution in [0.2, 0.25) is 0 Å². The lowest BCUT2D eigenvalue weighted by atomic mass is 9.87. The number of hydrogen-bond acceptors (Lipinski definition) is 5. The molecule has 3 rings (SSSR count). The second-order valence-electron chi connectivity index (χ2n) is 6.43. The number of benzene rings is 1. The second kappa shape index (κ2) is 9.28. The van der Waals surface area contributed by atoms with Crippen LogP contribution < -0.4 is 5.32 Å². The lowest BCUT2D eigenvalue weighted by Gasteiger charge is -2.25. The fourth-order valence-corrected chi connectivity index (χ4v) is 4.24. The molecule has 0 saturated carbocycles. The average molecular weight is 449 g/mol. The lowest BCUT2D eigenvalue weighted by molar-refractivity contribution is -0.136. The fourth-order valence-electron chi connectivity index (χ4n) is 3.20. The summed E-state index contributed by atoms with van der Waals surface area (Å²) in [5, 5.41) is 5.96. The number of halogens is 1. The quantitative estimate of drug-likeness (QED) is 0.666. The lowest BCUT2D eigenvalue weighted by Crippen LogP contribution is -2.29.